The molecule has 3 rings (SSSR count). The molecule has 0 atom stereocenters. The minimum absolute atomic E-state index is 0.386. The van der Waals surface area contributed by atoms with E-state index in [-0.39, 0.29) is 5.82 Å². The van der Waals surface area contributed by atoms with Crippen LogP contribution in [0.4, 0.5) is 10.1 Å². The lowest BCUT2D eigenvalue weighted by Crippen LogP contribution is -2.02. The average molecular weight is 242 g/mol. The number of nitrogen functional groups attached to an aromatic ring is 1. The molecule has 2 heterocycles. The van der Waals surface area contributed by atoms with E-state index in [9.17, 15) is 4.39 Å². The van der Waals surface area contributed by atoms with Crippen molar-refractivity contribution in [3.63, 3.8) is 0 Å². The zero-order valence-corrected chi connectivity index (χ0v) is 9.76. The molecular weight excluding hydrogens is 231 g/mol. The molecular formula is C13H11FN4. The summed E-state index contributed by atoms with van der Waals surface area (Å²) in [4.78, 5) is 8.60. The minimum Gasteiger partial charge on any atom is -0.399 e. The van der Waals surface area contributed by atoms with Gasteiger partial charge in [-0.25, -0.2) is 14.4 Å². The number of nitrogens with two attached hydrogens (primary N) is 1. The zero-order valence-electron chi connectivity index (χ0n) is 9.76. The maximum Gasteiger partial charge on any atom is 0.164 e. The Balaban J connectivity index is 2.34. The molecule has 0 aliphatic rings. The number of imidazole rings is 1. The second-order valence-electron chi connectivity index (χ2n) is 4.05. The summed E-state index contributed by atoms with van der Waals surface area (Å²) in [7, 11) is 0. The molecule has 0 bridgehead atoms. The van der Waals surface area contributed by atoms with E-state index in [0.29, 0.717) is 22.8 Å². The van der Waals surface area contributed by atoms with Gasteiger partial charge in [0.15, 0.2) is 5.65 Å². The molecule has 0 fully saturated rings. The molecule has 2 aromatic heterocycles. The Bertz CT molecular complexity index is 733. The van der Waals surface area contributed by atoms with Crippen LogP contribution in [-0.2, 0) is 0 Å². The van der Waals surface area contributed by atoms with Gasteiger partial charge in [0, 0.05) is 11.9 Å². The van der Waals surface area contributed by atoms with Crippen LogP contribution in [0, 0.1) is 12.7 Å². The number of nitrogens with zero attached hydrogens (tertiary/aromatic N) is 3. The fourth-order valence-corrected chi connectivity index (χ4v) is 2.02. The fourth-order valence-electron chi connectivity index (χ4n) is 2.02. The second-order valence-corrected chi connectivity index (χ2v) is 4.05. The van der Waals surface area contributed by atoms with Crippen molar-refractivity contribution in [2.45, 2.75) is 6.92 Å². The van der Waals surface area contributed by atoms with Crippen LogP contribution in [0.1, 0.15) is 5.82 Å². The van der Waals surface area contributed by atoms with Gasteiger partial charge in [-0.1, -0.05) is 0 Å². The highest BCUT2D eigenvalue weighted by Crippen LogP contribution is 2.22. The number of hydrogen-bond acceptors (Lipinski definition) is 3. The van der Waals surface area contributed by atoms with E-state index in [0.717, 1.165) is 5.52 Å². The van der Waals surface area contributed by atoms with E-state index in [1.807, 2.05) is 13.0 Å². The van der Waals surface area contributed by atoms with E-state index < -0.39 is 0 Å². The second kappa shape index (κ2) is 3.80. The van der Waals surface area contributed by atoms with E-state index >= 15 is 0 Å². The summed E-state index contributed by atoms with van der Waals surface area (Å²) >= 11 is 0. The third-order valence-electron chi connectivity index (χ3n) is 2.80. The van der Waals surface area contributed by atoms with Crippen molar-refractivity contribution >= 4 is 16.9 Å². The molecule has 0 saturated carbocycles. The van der Waals surface area contributed by atoms with Gasteiger partial charge in [-0.2, -0.15) is 0 Å². The number of aromatic nitrogens is 3. The maximum absolute atomic E-state index is 14.0. The molecule has 0 spiro atoms. The molecule has 0 saturated heterocycles. The summed E-state index contributed by atoms with van der Waals surface area (Å²) < 4.78 is 15.6. The van der Waals surface area contributed by atoms with Gasteiger partial charge in [-0.15, -0.1) is 0 Å². The Morgan fingerprint density at radius 1 is 1.28 bits per heavy atom. The first kappa shape index (κ1) is 10.7. The van der Waals surface area contributed by atoms with Gasteiger partial charge in [0.1, 0.15) is 17.2 Å². The normalized spacial score (nSPS) is 11.0. The van der Waals surface area contributed by atoms with E-state index in [4.69, 9.17) is 5.73 Å². The highest BCUT2D eigenvalue weighted by Gasteiger charge is 2.13. The summed E-state index contributed by atoms with van der Waals surface area (Å²) in [6, 6.07) is 8.24. The zero-order chi connectivity index (χ0) is 12.7. The first-order chi connectivity index (χ1) is 8.66. The minimum atomic E-state index is -0.386. The molecule has 2 N–H and O–H groups in total. The van der Waals surface area contributed by atoms with Crippen LogP contribution in [0.25, 0.3) is 16.9 Å². The van der Waals surface area contributed by atoms with Crippen molar-refractivity contribution in [1.82, 2.24) is 14.5 Å². The van der Waals surface area contributed by atoms with Gasteiger partial charge in [-0.05, 0) is 37.3 Å². The Kier molecular flexibility index (Phi) is 2.26. The van der Waals surface area contributed by atoms with Crippen molar-refractivity contribution in [2.75, 3.05) is 5.73 Å². The number of fused-ring (bicyclic) bond motifs is 1. The van der Waals surface area contributed by atoms with Crippen molar-refractivity contribution in [2.24, 2.45) is 0 Å². The van der Waals surface area contributed by atoms with Gasteiger partial charge in [-0.3, -0.25) is 4.57 Å². The third-order valence-corrected chi connectivity index (χ3v) is 2.80. The Labute approximate surface area is 103 Å². The van der Waals surface area contributed by atoms with Gasteiger partial charge in [0.05, 0.1) is 5.69 Å². The Morgan fingerprint density at radius 2 is 2.11 bits per heavy atom. The fraction of sp³-hybridized carbons (Fsp3) is 0.0769. The summed E-state index contributed by atoms with van der Waals surface area (Å²) in [5, 5.41) is 0. The molecule has 18 heavy (non-hydrogen) atoms. The van der Waals surface area contributed by atoms with Gasteiger partial charge < -0.3 is 5.73 Å². The predicted molar refractivity (Wildman–Crippen MR) is 68.0 cm³/mol. The quantitative estimate of drug-likeness (QED) is 0.667. The topological polar surface area (TPSA) is 56.7 Å². The van der Waals surface area contributed by atoms with Crippen LogP contribution in [0.15, 0.2) is 36.5 Å². The molecule has 0 aliphatic carbocycles. The van der Waals surface area contributed by atoms with Crippen LogP contribution >= 0.6 is 0 Å². The predicted octanol–water partition coefficient (Wildman–Crippen LogP) is 2.45. The van der Waals surface area contributed by atoms with Crippen LogP contribution < -0.4 is 5.73 Å². The largest absolute Gasteiger partial charge is 0.399 e. The number of benzene rings is 1. The lowest BCUT2D eigenvalue weighted by Gasteiger charge is -2.07. The molecule has 90 valence electrons. The SMILES string of the molecule is Cc1nc2cccnc2n1-c1ccc(N)cc1F. The summed E-state index contributed by atoms with van der Waals surface area (Å²) in [6.07, 6.45) is 1.66. The number of pyridine rings is 1. The number of anilines is 1. The van der Waals surface area contributed by atoms with Crippen molar-refractivity contribution in [3.8, 4) is 5.69 Å². The van der Waals surface area contributed by atoms with Crippen molar-refractivity contribution in [3.05, 3.63) is 48.2 Å². The Morgan fingerprint density at radius 3 is 2.89 bits per heavy atom. The number of halogens is 1. The summed E-state index contributed by atoms with van der Waals surface area (Å²) in [5.41, 5.74) is 7.73. The van der Waals surface area contributed by atoms with Gasteiger partial charge in [0.25, 0.3) is 0 Å². The molecule has 0 amide bonds. The molecule has 0 aliphatic heterocycles. The number of aryl methyl sites for hydroxylation is 1. The number of hydrogen-bond donors (Lipinski definition) is 1. The molecule has 0 unspecified atom stereocenters. The van der Waals surface area contributed by atoms with Gasteiger partial charge >= 0.3 is 0 Å². The smallest absolute Gasteiger partial charge is 0.164 e. The van der Waals surface area contributed by atoms with Gasteiger partial charge in [0.2, 0.25) is 0 Å². The maximum atomic E-state index is 14.0. The summed E-state index contributed by atoms with van der Waals surface area (Å²) in [6.45, 7) is 1.82. The highest BCUT2D eigenvalue weighted by atomic mass is 19.1. The van der Waals surface area contributed by atoms with Crippen LogP contribution in [0.3, 0.4) is 0 Å². The Hall–Kier alpha value is -2.43. The standard InChI is InChI=1S/C13H11FN4/c1-8-17-11-3-2-6-16-13(11)18(8)12-5-4-9(15)7-10(12)14/h2-7H,15H2,1H3. The van der Waals surface area contributed by atoms with Crippen molar-refractivity contribution < 1.29 is 4.39 Å². The van der Waals surface area contributed by atoms with E-state index in [1.54, 1.807) is 29.0 Å². The monoisotopic (exact) mass is 242 g/mol. The molecule has 1 aromatic carbocycles. The first-order valence-electron chi connectivity index (χ1n) is 5.52. The van der Waals surface area contributed by atoms with Crippen LogP contribution in [0.5, 0.6) is 0 Å². The average Bonchev–Trinajstić information content (AvgIpc) is 2.66. The van der Waals surface area contributed by atoms with E-state index in [1.165, 1.54) is 6.07 Å². The first-order valence-corrected chi connectivity index (χ1v) is 5.52. The molecule has 4 nitrogen and oxygen atoms in total. The molecule has 0 radical (unpaired) electrons. The third kappa shape index (κ3) is 1.52. The number of rotatable bonds is 1. The highest BCUT2D eigenvalue weighted by molar-refractivity contribution is 5.74. The lowest BCUT2D eigenvalue weighted by atomic mass is 10.2. The van der Waals surface area contributed by atoms with Crippen molar-refractivity contribution in [1.29, 1.82) is 0 Å². The van der Waals surface area contributed by atoms with Crippen LogP contribution in [0.2, 0.25) is 0 Å². The molecule has 3 aromatic rings. The lowest BCUT2D eigenvalue weighted by molar-refractivity contribution is 0.618. The molecule has 5 heteroatoms. The van der Waals surface area contributed by atoms with E-state index in [2.05, 4.69) is 9.97 Å². The summed E-state index contributed by atoms with van der Waals surface area (Å²) in [5.74, 6) is 0.301. The van der Waals surface area contributed by atoms with Crippen LogP contribution in [-0.4, -0.2) is 14.5 Å².